The van der Waals surface area contributed by atoms with Gasteiger partial charge < -0.3 is 5.11 Å². The number of pyridine rings is 1. The summed E-state index contributed by atoms with van der Waals surface area (Å²) in [5.74, 6) is -0.343. The molecule has 0 bridgehead atoms. The van der Waals surface area contributed by atoms with Crippen molar-refractivity contribution in [3.63, 3.8) is 0 Å². The van der Waals surface area contributed by atoms with Crippen molar-refractivity contribution in [3.8, 4) is 0 Å². The highest BCUT2D eigenvalue weighted by atomic mass is 32.1. The summed E-state index contributed by atoms with van der Waals surface area (Å²) in [5.41, 5.74) is 1.30. The zero-order valence-electron chi connectivity index (χ0n) is 14.0. The third-order valence-corrected chi connectivity index (χ3v) is 6.86. The average molecular weight is 345 g/mol. The van der Waals surface area contributed by atoms with Crippen molar-refractivity contribution < 1.29 is 9.90 Å². The second kappa shape index (κ2) is 6.03. The minimum absolute atomic E-state index is 0.0415. The summed E-state index contributed by atoms with van der Waals surface area (Å²) in [7, 11) is 0. The van der Waals surface area contributed by atoms with Gasteiger partial charge in [0, 0.05) is 15.6 Å². The first-order valence-corrected chi connectivity index (χ1v) is 9.81. The number of hydrogen-bond acceptors (Lipinski definition) is 3. The molecule has 128 valence electrons. The molecule has 24 heavy (non-hydrogen) atoms. The Morgan fingerprint density at radius 3 is 2.71 bits per heavy atom. The van der Waals surface area contributed by atoms with Crippen molar-refractivity contribution in [2.45, 2.75) is 64.3 Å². The monoisotopic (exact) mass is 345 g/mol. The lowest BCUT2D eigenvalue weighted by Gasteiger charge is -2.26. The zero-order chi connectivity index (χ0) is 16.8. The normalized spacial score (nSPS) is 21.8. The Bertz CT molecular complexity index is 858. The maximum Gasteiger partial charge on any atom is 0.352 e. The van der Waals surface area contributed by atoms with Crippen LogP contribution in [0.1, 0.15) is 72.4 Å². The molecule has 2 aliphatic carbocycles. The standard InChI is InChI=1S/C19H23NO3S/c1-11-7-8-13-15(9-11)24-16-10-14(19(22)23)20(18(21)17(13)16)12-5-3-2-4-6-12/h10-12H,2-9H2,1H3,(H,22,23). The van der Waals surface area contributed by atoms with Crippen molar-refractivity contribution in [2.75, 3.05) is 0 Å². The molecule has 1 N–H and O–H groups in total. The van der Waals surface area contributed by atoms with Crippen LogP contribution >= 0.6 is 11.3 Å². The van der Waals surface area contributed by atoms with Gasteiger partial charge >= 0.3 is 5.97 Å². The number of aromatic nitrogens is 1. The van der Waals surface area contributed by atoms with Crippen LogP contribution in [0.25, 0.3) is 10.1 Å². The van der Waals surface area contributed by atoms with Gasteiger partial charge in [-0.2, -0.15) is 0 Å². The molecule has 5 heteroatoms. The first-order valence-electron chi connectivity index (χ1n) is 8.99. The van der Waals surface area contributed by atoms with Crippen molar-refractivity contribution in [2.24, 2.45) is 5.92 Å². The van der Waals surface area contributed by atoms with E-state index in [0.717, 1.165) is 55.0 Å². The fourth-order valence-corrected chi connectivity index (χ4v) is 5.84. The summed E-state index contributed by atoms with van der Waals surface area (Å²) in [6.45, 7) is 2.25. The lowest BCUT2D eigenvalue weighted by molar-refractivity contribution is 0.0679. The molecule has 4 rings (SSSR count). The predicted molar refractivity (Wildman–Crippen MR) is 96.4 cm³/mol. The number of nitrogens with zero attached hydrogens (tertiary/aromatic N) is 1. The Morgan fingerprint density at radius 2 is 2.00 bits per heavy atom. The summed E-state index contributed by atoms with van der Waals surface area (Å²) in [6.07, 6.45) is 8.23. The highest BCUT2D eigenvalue weighted by Gasteiger charge is 2.28. The maximum absolute atomic E-state index is 13.3. The fraction of sp³-hybridized carbons (Fsp3) is 0.579. The maximum atomic E-state index is 13.3. The van der Waals surface area contributed by atoms with E-state index in [-0.39, 0.29) is 17.3 Å². The number of aryl methyl sites for hydroxylation is 1. The lowest BCUT2D eigenvalue weighted by Crippen LogP contribution is -2.31. The molecule has 4 nitrogen and oxygen atoms in total. The molecule has 0 saturated heterocycles. The number of carbonyl (C=O) groups is 1. The Hall–Kier alpha value is -1.62. The van der Waals surface area contributed by atoms with Crippen molar-refractivity contribution in [1.29, 1.82) is 0 Å². The number of aromatic carboxylic acids is 1. The van der Waals surface area contributed by atoms with Crippen molar-refractivity contribution >= 4 is 27.4 Å². The summed E-state index contributed by atoms with van der Waals surface area (Å²) < 4.78 is 2.47. The molecular weight excluding hydrogens is 322 g/mol. The van der Waals surface area contributed by atoms with E-state index < -0.39 is 5.97 Å². The van der Waals surface area contributed by atoms with E-state index in [4.69, 9.17) is 0 Å². The number of carboxylic acids is 1. The molecule has 0 aliphatic heterocycles. The van der Waals surface area contributed by atoms with Crippen LogP contribution in [0.2, 0.25) is 0 Å². The predicted octanol–water partition coefficient (Wildman–Crippen LogP) is 4.39. The molecule has 1 saturated carbocycles. The van der Waals surface area contributed by atoms with Gasteiger partial charge in [0.15, 0.2) is 0 Å². The van der Waals surface area contributed by atoms with Gasteiger partial charge in [-0.25, -0.2) is 4.79 Å². The number of carboxylic acid groups (broad SMARTS) is 1. The third kappa shape index (κ3) is 2.50. The van der Waals surface area contributed by atoms with Gasteiger partial charge in [-0.1, -0.05) is 26.2 Å². The highest BCUT2D eigenvalue weighted by Crippen LogP contribution is 2.38. The van der Waals surface area contributed by atoms with E-state index in [2.05, 4.69) is 6.92 Å². The van der Waals surface area contributed by atoms with Gasteiger partial charge in [-0.15, -0.1) is 11.3 Å². The smallest absolute Gasteiger partial charge is 0.352 e. The van der Waals surface area contributed by atoms with E-state index in [1.165, 1.54) is 16.9 Å². The molecule has 0 aromatic carbocycles. The molecule has 0 amide bonds. The van der Waals surface area contributed by atoms with Crippen LogP contribution in [0.4, 0.5) is 0 Å². The van der Waals surface area contributed by atoms with Gasteiger partial charge in [0.1, 0.15) is 5.69 Å². The fourth-order valence-electron chi connectivity index (χ4n) is 4.40. The molecule has 1 atom stereocenters. The molecular formula is C19H23NO3S. The quantitative estimate of drug-likeness (QED) is 0.878. The molecule has 0 spiro atoms. The highest BCUT2D eigenvalue weighted by molar-refractivity contribution is 7.19. The molecule has 2 heterocycles. The van der Waals surface area contributed by atoms with E-state index in [9.17, 15) is 14.7 Å². The largest absolute Gasteiger partial charge is 0.477 e. The van der Waals surface area contributed by atoms with Crippen LogP contribution in [-0.2, 0) is 12.8 Å². The first kappa shape index (κ1) is 15.9. The van der Waals surface area contributed by atoms with Gasteiger partial charge in [-0.05, 0) is 49.7 Å². The number of fused-ring (bicyclic) bond motifs is 3. The topological polar surface area (TPSA) is 59.3 Å². The van der Waals surface area contributed by atoms with E-state index in [0.29, 0.717) is 5.92 Å². The van der Waals surface area contributed by atoms with Gasteiger partial charge in [0.2, 0.25) is 0 Å². The Morgan fingerprint density at radius 1 is 1.25 bits per heavy atom. The minimum Gasteiger partial charge on any atom is -0.477 e. The Labute approximate surface area is 145 Å². The zero-order valence-corrected chi connectivity index (χ0v) is 14.8. The van der Waals surface area contributed by atoms with Crippen molar-refractivity contribution in [1.82, 2.24) is 4.57 Å². The number of thiophene rings is 1. The molecule has 2 aromatic rings. The summed E-state index contributed by atoms with van der Waals surface area (Å²) >= 11 is 1.63. The summed E-state index contributed by atoms with van der Waals surface area (Å²) in [6, 6.07) is 1.79. The van der Waals surface area contributed by atoms with Gasteiger partial charge in [0.25, 0.3) is 5.56 Å². The Balaban J connectivity index is 1.96. The average Bonchev–Trinajstić information content (AvgIpc) is 2.93. The van der Waals surface area contributed by atoms with Crippen LogP contribution < -0.4 is 5.56 Å². The van der Waals surface area contributed by atoms with Crippen molar-refractivity contribution in [3.05, 3.63) is 32.6 Å². The lowest BCUT2D eigenvalue weighted by atomic mass is 9.89. The minimum atomic E-state index is -0.987. The Kier molecular flexibility index (Phi) is 3.99. The van der Waals surface area contributed by atoms with Crippen LogP contribution in [-0.4, -0.2) is 15.6 Å². The first-order chi connectivity index (χ1) is 11.6. The van der Waals surface area contributed by atoms with Crippen LogP contribution in [0, 0.1) is 5.92 Å². The van der Waals surface area contributed by atoms with E-state index in [1.54, 1.807) is 22.0 Å². The summed E-state index contributed by atoms with van der Waals surface area (Å²) in [4.78, 5) is 26.4. The van der Waals surface area contributed by atoms with Crippen LogP contribution in [0.3, 0.4) is 0 Å². The molecule has 1 unspecified atom stereocenters. The molecule has 1 fully saturated rings. The second-order valence-electron chi connectivity index (χ2n) is 7.39. The molecule has 2 aromatic heterocycles. The van der Waals surface area contributed by atoms with Crippen LogP contribution in [0.15, 0.2) is 10.9 Å². The second-order valence-corrected chi connectivity index (χ2v) is 8.53. The molecule has 0 radical (unpaired) electrons. The van der Waals surface area contributed by atoms with Gasteiger partial charge in [0.05, 0.1) is 5.39 Å². The van der Waals surface area contributed by atoms with Gasteiger partial charge in [-0.3, -0.25) is 9.36 Å². The summed E-state index contributed by atoms with van der Waals surface area (Å²) in [5, 5.41) is 10.5. The van der Waals surface area contributed by atoms with Crippen LogP contribution in [0.5, 0.6) is 0 Å². The number of rotatable bonds is 2. The van der Waals surface area contributed by atoms with E-state index >= 15 is 0 Å². The molecule has 2 aliphatic rings. The SMILES string of the molecule is CC1CCc2c(sc3cc(C(=O)O)n(C4CCCCC4)c(=O)c23)C1. The number of hydrogen-bond donors (Lipinski definition) is 1. The van der Waals surface area contributed by atoms with E-state index in [1.807, 2.05) is 0 Å². The third-order valence-electron chi connectivity index (χ3n) is 5.66.